The van der Waals surface area contributed by atoms with E-state index in [4.69, 9.17) is 0 Å². The van der Waals surface area contributed by atoms with Crippen LogP contribution in [0.15, 0.2) is 23.1 Å². The van der Waals surface area contributed by atoms with E-state index in [1.54, 1.807) is 24.8 Å². The maximum atomic E-state index is 13.6. The van der Waals surface area contributed by atoms with Crippen LogP contribution in [0, 0.1) is 11.7 Å². The number of thioether (sulfide) groups is 1. The van der Waals surface area contributed by atoms with E-state index in [0.29, 0.717) is 5.56 Å². The average Bonchev–Trinajstić information content (AvgIpc) is 2.78. The van der Waals surface area contributed by atoms with Crippen molar-refractivity contribution in [3.63, 3.8) is 0 Å². The molecule has 1 aliphatic carbocycles. The summed E-state index contributed by atoms with van der Waals surface area (Å²) in [6.07, 6.45) is 4.52. The molecule has 1 atom stereocenters. The molecular weight excluding hydrogens is 235 g/mol. The van der Waals surface area contributed by atoms with Gasteiger partial charge in [0.2, 0.25) is 0 Å². The fourth-order valence-corrected chi connectivity index (χ4v) is 3.78. The van der Waals surface area contributed by atoms with Crippen LogP contribution in [0.3, 0.4) is 0 Å². The first-order valence-corrected chi connectivity index (χ1v) is 7.26. The predicted molar refractivity (Wildman–Crippen MR) is 69.7 cm³/mol. The molecule has 0 amide bonds. The number of hydrogen-bond acceptors (Lipinski definition) is 2. The molecule has 1 aromatic carbocycles. The Hall–Kier alpha value is -0.540. The van der Waals surface area contributed by atoms with Crippen molar-refractivity contribution in [3.8, 4) is 0 Å². The molecule has 1 aliphatic rings. The van der Waals surface area contributed by atoms with Gasteiger partial charge in [-0.15, -0.1) is 11.8 Å². The molecule has 0 heterocycles. The Labute approximate surface area is 106 Å². The average molecular weight is 254 g/mol. The van der Waals surface area contributed by atoms with Crippen LogP contribution in [0.4, 0.5) is 4.39 Å². The van der Waals surface area contributed by atoms with Crippen LogP contribution >= 0.6 is 11.8 Å². The summed E-state index contributed by atoms with van der Waals surface area (Å²) in [4.78, 5) is 0.895. The molecule has 17 heavy (non-hydrogen) atoms. The number of aliphatic hydroxyl groups excluding tert-OH is 1. The second-order valence-corrected chi connectivity index (χ2v) is 5.85. The molecule has 3 heteroatoms. The van der Waals surface area contributed by atoms with Crippen LogP contribution in [0.5, 0.6) is 0 Å². The number of benzene rings is 1. The van der Waals surface area contributed by atoms with Crippen molar-refractivity contribution in [1.82, 2.24) is 0 Å². The number of rotatable bonds is 4. The van der Waals surface area contributed by atoms with Gasteiger partial charge in [0, 0.05) is 16.2 Å². The van der Waals surface area contributed by atoms with Gasteiger partial charge in [-0.3, -0.25) is 0 Å². The molecule has 1 unspecified atom stereocenters. The minimum Gasteiger partial charge on any atom is -0.389 e. The highest BCUT2D eigenvalue weighted by molar-refractivity contribution is 7.99. The van der Waals surface area contributed by atoms with Crippen LogP contribution in [0.1, 0.15) is 44.3 Å². The highest BCUT2D eigenvalue weighted by Crippen LogP contribution is 2.34. The molecule has 1 nitrogen and oxygen atoms in total. The number of hydrogen-bond donors (Lipinski definition) is 1. The SMILES string of the molecule is CC(O)c1c(F)cccc1SCC1CCCC1. The summed E-state index contributed by atoms with van der Waals surface area (Å²) >= 11 is 1.69. The van der Waals surface area contributed by atoms with Crippen LogP contribution in [0.25, 0.3) is 0 Å². The summed E-state index contributed by atoms with van der Waals surface area (Å²) in [7, 11) is 0. The van der Waals surface area contributed by atoms with E-state index in [1.807, 2.05) is 6.07 Å². The van der Waals surface area contributed by atoms with E-state index in [1.165, 1.54) is 31.7 Å². The van der Waals surface area contributed by atoms with E-state index in [0.717, 1.165) is 16.6 Å². The minimum absolute atomic E-state index is 0.295. The van der Waals surface area contributed by atoms with E-state index in [9.17, 15) is 9.50 Å². The van der Waals surface area contributed by atoms with Gasteiger partial charge in [-0.1, -0.05) is 18.9 Å². The Balaban J connectivity index is 2.06. The Morgan fingerprint density at radius 3 is 2.76 bits per heavy atom. The van der Waals surface area contributed by atoms with Gasteiger partial charge >= 0.3 is 0 Å². The largest absolute Gasteiger partial charge is 0.389 e. The molecule has 94 valence electrons. The third kappa shape index (κ3) is 3.23. The normalized spacial score (nSPS) is 18.5. The van der Waals surface area contributed by atoms with Crippen molar-refractivity contribution in [1.29, 1.82) is 0 Å². The topological polar surface area (TPSA) is 20.2 Å². The maximum absolute atomic E-state index is 13.6. The van der Waals surface area contributed by atoms with E-state index < -0.39 is 6.10 Å². The van der Waals surface area contributed by atoms with Crippen molar-refractivity contribution < 1.29 is 9.50 Å². The third-order valence-corrected chi connectivity index (χ3v) is 4.69. The zero-order valence-electron chi connectivity index (χ0n) is 10.2. The van der Waals surface area contributed by atoms with Gasteiger partial charge < -0.3 is 5.11 Å². The minimum atomic E-state index is -0.734. The second-order valence-electron chi connectivity index (χ2n) is 4.79. The lowest BCUT2D eigenvalue weighted by Crippen LogP contribution is -2.01. The zero-order valence-corrected chi connectivity index (χ0v) is 11.0. The highest BCUT2D eigenvalue weighted by Gasteiger charge is 2.18. The number of aliphatic hydroxyl groups is 1. The first kappa shape index (κ1) is 12.9. The molecular formula is C14H19FOS. The van der Waals surface area contributed by atoms with Gasteiger partial charge in [-0.05, 0) is 37.8 Å². The number of halogens is 1. The van der Waals surface area contributed by atoms with Crippen molar-refractivity contribution in [2.24, 2.45) is 5.92 Å². The van der Waals surface area contributed by atoms with Gasteiger partial charge in [-0.25, -0.2) is 4.39 Å². The molecule has 0 radical (unpaired) electrons. The Bertz CT molecular complexity index is 372. The lowest BCUT2D eigenvalue weighted by molar-refractivity contribution is 0.191. The molecule has 2 rings (SSSR count). The monoisotopic (exact) mass is 254 g/mol. The van der Waals surface area contributed by atoms with Gasteiger partial charge in [0.1, 0.15) is 5.82 Å². The predicted octanol–water partition coefficient (Wildman–Crippen LogP) is 4.16. The van der Waals surface area contributed by atoms with Crippen molar-refractivity contribution >= 4 is 11.8 Å². The molecule has 0 spiro atoms. The Morgan fingerprint density at radius 2 is 2.12 bits per heavy atom. The molecule has 0 bridgehead atoms. The van der Waals surface area contributed by atoms with Gasteiger partial charge in [0.05, 0.1) is 6.10 Å². The van der Waals surface area contributed by atoms with Crippen molar-refractivity contribution in [2.75, 3.05) is 5.75 Å². The van der Waals surface area contributed by atoms with Crippen LogP contribution in [0.2, 0.25) is 0 Å². The summed E-state index contributed by atoms with van der Waals surface area (Å²) in [5.74, 6) is 1.52. The quantitative estimate of drug-likeness (QED) is 0.814. The Kier molecular flexibility index (Phi) is 4.46. The van der Waals surface area contributed by atoms with E-state index >= 15 is 0 Å². The lowest BCUT2D eigenvalue weighted by atomic mass is 10.1. The van der Waals surface area contributed by atoms with E-state index in [2.05, 4.69) is 0 Å². The fourth-order valence-electron chi connectivity index (χ4n) is 2.43. The molecule has 0 saturated heterocycles. The molecule has 0 aliphatic heterocycles. The van der Waals surface area contributed by atoms with Gasteiger partial charge in [0.15, 0.2) is 0 Å². The third-order valence-electron chi connectivity index (χ3n) is 3.38. The first-order chi connectivity index (χ1) is 8.18. The van der Waals surface area contributed by atoms with Crippen molar-refractivity contribution in [3.05, 3.63) is 29.6 Å². The zero-order chi connectivity index (χ0) is 12.3. The smallest absolute Gasteiger partial charge is 0.130 e. The fraction of sp³-hybridized carbons (Fsp3) is 0.571. The summed E-state index contributed by atoms with van der Waals surface area (Å²) in [6.45, 7) is 1.62. The summed E-state index contributed by atoms with van der Waals surface area (Å²) in [5, 5.41) is 9.62. The highest BCUT2D eigenvalue weighted by atomic mass is 32.2. The standard InChI is InChI=1S/C14H19FOS/c1-10(16)14-12(15)7-4-8-13(14)17-9-11-5-2-3-6-11/h4,7-8,10-11,16H,2-3,5-6,9H2,1H3. The second kappa shape index (κ2) is 5.87. The molecule has 1 aromatic rings. The summed E-state index contributed by atoms with van der Waals surface area (Å²) in [5.41, 5.74) is 0.454. The van der Waals surface area contributed by atoms with E-state index in [-0.39, 0.29) is 5.82 Å². The maximum Gasteiger partial charge on any atom is 0.130 e. The molecule has 1 N–H and O–H groups in total. The molecule has 0 aromatic heterocycles. The Morgan fingerprint density at radius 1 is 1.41 bits per heavy atom. The van der Waals surface area contributed by atoms with Crippen molar-refractivity contribution in [2.45, 2.75) is 43.6 Å². The summed E-state index contributed by atoms with van der Waals surface area (Å²) in [6, 6.07) is 5.05. The van der Waals surface area contributed by atoms with Crippen LogP contribution in [-0.2, 0) is 0 Å². The van der Waals surface area contributed by atoms with Gasteiger partial charge in [0.25, 0.3) is 0 Å². The van der Waals surface area contributed by atoms with Crippen LogP contribution in [-0.4, -0.2) is 10.9 Å². The molecule has 1 fully saturated rings. The summed E-state index contributed by atoms with van der Waals surface area (Å²) < 4.78 is 13.6. The molecule has 1 saturated carbocycles. The van der Waals surface area contributed by atoms with Crippen LogP contribution < -0.4 is 0 Å². The lowest BCUT2D eigenvalue weighted by Gasteiger charge is -2.14. The van der Waals surface area contributed by atoms with Gasteiger partial charge in [-0.2, -0.15) is 0 Å². The first-order valence-electron chi connectivity index (χ1n) is 6.27.